The molecule has 168 valence electrons. The molecule has 4 rings (SSSR count). The van der Waals surface area contributed by atoms with Crippen LogP contribution in [0.3, 0.4) is 0 Å². The van der Waals surface area contributed by atoms with E-state index in [0.717, 1.165) is 5.56 Å². The van der Waals surface area contributed by atoms with Gasteiger partial charge in [-0.3, -0.25) is 0 Å². The Balaban J connectivity index is 1.73. The molecule has 0 unspecified atom stereocenters. The van der Waals surface area contributed by atoms with Crippen molar-refractivity contribution >= 4 is 45.4 Å². The van der Waals surface area contributed by atoms with E-state index in [1.165, 1.54) is 39.5 Å². The molecular formula is C25H19ClO7. The number of ether oxygens (including phenoxy) is 4. The van der Waals surface area contributed by atoms with Crippen molar-refractivity contribution in [3.63, 3.8) is 0 Å². The molecule has 0 amide bonds. The van der Waals surface area contributed by atoms with Gasteiger partial charge in [-0.05, 0) is 42.0 Å². The van der Waals surface area contributed by atoms with Gasteiger partial charge in [-0.15, -0.1) is 0 Å². The largest absolute Gasteiger partial charge is 0.493 e. The summed E-state index contributed by atoms with van der Waals surface area (Å²) in [6.45, 7) is 0. The van der Waals surface area contributed by atoms with E-state index in [-0.39, 0.29) is 16.7 Å². The van der Waals surface area contributed by atoms with Crippen LogP contribution in [-0.2, 0) is 4.79 Å². The molecule has 0 saturated heterocycles. The quantitative estimate of drug-likeness (QED) is 0.126. The van der Waals surface area contributed by atoms with Gasteiger partial charge in [-0.25, -0.2) is 9.59 Å². The highest BCUT2D eigenvalue weighted by molar-refractivity contribution is 6.30. The maximum absolute atomic E-state index is 12.7. The monoisotopic (exact) mass is 466 g/mol. The summed E-state index contributed by atoms with van der Waals surface area (Å²) in [5, 5.41) is 1.96. The molecule has 0 saturated carbocycles. The first-order valence-corrected chi connectivity index (χ1v) is 10.2. The molecule has 1 heterocycles. The van der Waals surface area contributed by atoms with Crippen molar-refractivity contribution in [1.82, 2.24) is 0 Å². The summed E-state index contributed by atoms with van der Waals surface area (Å²) in [5.74, 6) is 0.654. The third-order valence-electron chi connectivity index (χ3n) is 4.98. The van der Waals surface area contributed by atoms with Crippen LogP contribution in [0.15, 0.2) is 63.8 Å². The fraction of sp³-hybridized carbons (Fsp3) is 0.120. The van der Waals surface area contributed by atoms with E-state index in [2.05, 4.69) is 0 Å². The zero-order chi connectivity index (χ0) is 23.5. The summed E-state index contributed by atoms with van der Waals surface area (Å²) in [7, 11) is 4.42. The predicted octanol–water partition coefficient (Wildman–Crippen LogP) is 5.24. The molecule has 0 N–H and O–H groups in total. The van der Waals surface area contributed by atoms with Crippen molar-refractivity contribution in [2.75, 3.05) is 21.3 Å². The van der Waals surface area contributed by atoms with Crippen molar-refractivity contribution in [3.05, 3.63) is 75.6 Å². The first kappa shape index (κ1) is 22.2. The van der Waals surface area contributed by atoms with E-state index >= 15 is 0 Å². The van der Waals surface area contributed by atoms with Crippen LogP contribution in [0.4, 0.5) is 0 Å². The lowest BCUT2D eigenvalue weighted by Gasteiger charge is -2.15. The number of rotatable bonds is 6. The molecule has 0 bridgehead atoms. The summed E-state index contributed by atoms with van der Waals surface area (Å²) in [5.41, 5.74) is 0.427. The molecule has 0 fully saturated rings. The second-order valence-electron chi connectivity index (χ2n) is 6.92. The highest BCUT2D eigenvalue weighted by atomic mass is 35.5. The van der Waals surface area contributed by atoms with Gasteiger partial charge in [0.15, 0.2) is 11.5 Å². The molecule has 7 nitrogen and oxygen atoms in total. The van der Waals surface area contributed by atoms with E-state index in [1.54, 1.807) is 42.5 Å². The standard InChI is InChI=1S/C25H19ClO7/c1-29-20-13-18-22(24(31-3)23(20)30-2)17-10-9-16(12-19(17)33-25(18)28)32-21(27)11-6-14-4-7-15(26)8-5-14/h4-13H,1-3H3/b11-6+. The summed E-state index contributed by atoms with van der Waals surface area (Å²) in [6, 6.07) is 13.3. The number of methoxy groups -OCH3 is 3. The highest BCUT2D eigenvalue weighted by Gasteiger charge is 2.21. The maximum Gasteiger partial charge on any atom is 0.344 e. The van der Waals surface area contributed by atoms with Gasteiger partial charge in [0.1, 0.15) is 11.3 Å². The molecule has 0 atom stereocenters. The van der Waals surface area contributed by atoms with Gasteiger partial charge in [0.2, 0.25) is 5.75 Å². The van der Waals surface area contributed by atoms with E-state index < -0.39 is 11.6 Å². The van der Waals surface area contributed by atoms with Crippen LogP contribution < -0.4 is 24.6 Å². The Morgan fingerprint density at radius 3 is 2.30 bits per heavy atom. The van der Waals surface area contributed by atoms with Gasteiger partial charge in [0.25, 0.3) is 0 Å². The number of hydrogen-bond donors (Lipinski definition) is 0. The minimum Gasteiger partial charge on any atom is -0.493 e. The number of fused-ring (bicyclic) bond motifs is 3. The van der Waals surface area contributed by atoms with Crippen LogP contribution in [0.1, 0.15) is 5.56 Å². The second kappa shape index (κ2) is 9.26. The second-order valence-corrected chi connectivity index (χ2v) is 7.36. The fourth-order valence-corrected chi connectivity index (χ4v) is 3.61. The van der Waals surface area contributed by atoms with Crippen molar-refractivity contribution < 1.29 is 28.2 Å². The van der Waals surface area contributed by atoms with Gasteiger partial charge in [-0.1, -0.05) is 23.7 Å². The fourth-order valence-electron chi connectivity index (χ4n) is 3.48. The van der Waals surface area contributed by atoms with Gasteiger partial charge >= 0.3 is 11.6 Å². The molecule has 3 aromatic carbocycles. The van der Waals surface area contributed by atoms with E-state index in [0.29, 0.717) is 33.0 Å². The van der Waals surface area contributed by atoms with Crippen LogP contribution >= 0.6 is 11.6 Å². The van der Waals surface area contributed by atoms with Gasteiger partial charge < -0.3 is 23.4 Å². The van der Waals surface area contributed by atoms with Crippen molar-refractivity contribution in [3.8, 4) is 23.0 Å². The average Bonchev–Trinajstić information content (AvgIpc) is 2.82. The zero-order valence-electron chi connectivity index (χ0n) is 18.0. The minimum atomic E-state index is -0.595. The summed E-state index contributed by atoms with van der Waals surface area (Å²) < 4.78 is 27.1. The Labute approximate surface area is 193 Å². The highest BCUT2D eigenvalue weighted by Crippen LogP contribution is 2.45. The minimum absolute atomic E-state index is 0.218. The van der Waals surface area contributed by atoms with Crippen molar-refractivity contribution in [2.45, 2.75) is 0 Å². The Morgan fingerprint density at radius 2 is 1.64 bits per heavy atom. The number of halogens is 1. The Bertz CT molecular complexity index is 1440. The number of hydrogen-bond acceptors (Lipinski definition) is 7. The first-order chi connectivity index (χ1) is 15.9. The molecule has 0 aliphatic heterocycles. The van der Waals surface area contributed by atoms with Crippen LogP contribution in [-0.4, -0.2) is 27.3 Å². The lowest BCUT2D eigenvalue weighted by molar-refractivity contribution is -0.128. The SMILES string of the molecule is COc1cc2c(=O)oc3cc(OC(=O)/C=C/c4ccc(Cl)cc4)ccc3c2c(OC)c1OC. The Kier molecular flexibility index (Phi) is 6.24. The third kappa shape index (κ3) is 4.36. The third-order valence-corrected chi connectivity index (χ3v) is 5.23. The van der Waals surface area contributed by atoms with E-state index in [4.69, 9.17) is 35.0 Å². The lowest BCUT2D eigenvalue weighted by atomic mass is 10.0. The zero-order valence-corrected chi connectivity index (χ0v) is 18.8. The van der Waals surface area contributed by atoms with Gasteiger partial charge in [0.05, 0.1) is 26.7 Å². The van der Waals surface area contributed by atoms with E-state index in [9.17, 15) is 9.59 Å². The molecule has 1 aromatic heterocycles. The smallest absolute Gasteiger partial charge is 0.344 e. The number of carbonyl (C=O) groups is 1. The average molecular weight is 467 g/mol. The maximum atomic E-state index is 12.7. The number of benzene rings is 3. The molecule has 0 aliphatic rings. The summed E-state index contributed by atoms with van der Waals surface area (Å²) in [6.07, 6.45) is 2.90. The van der Waals surface area contributed by atoms with Crippen LogP contribution in [0.2, 0.25) is 5.02 Å². The van der Waals surface area contributed by atoms with Gasteiger partial charge in [0, 0.05) is 27.9 Å². The van der Waals surface area contributed by atoms with Crippen molar-refractivity contribution in [1.29, 1.82) is 0 Å². The van der Waals surface area contributed by atoms with Crippen LogP contribution in [0, 0.1) is 0 Å². The number of carbonyl (C=O) groups excluding carboxylic acids is 1. The topological polar surface area (TPSA) is 84.2 Å². The molecule has 0 spiro atoms. The van der Waals surface area contributed by atoms with Crippen LogP contribution in [0.5, 0.6) is 23.0 Å². The molecule has 8 heteroatoms. The summed E-state index contributed by atoms with van der Waals surface area (Å²) in [4.78, 5) is 24.9. The van der Waals surface area contributed by atoms with Crippen LogP contribution in [0.25, 0.3) is 27.8 Å². The Hall–Kier alpha value is -3.97. The molecule has 33 heavy (non-hydrogen) atoms. The Morgan fingerprint density at radius 1 is 0.909 bits per heavy atom. The number of esters is 1. The molecule has 0 aliphatic carbocycles. The van der Waals surface area contributed by atoms with Crippen molar-refractivity contribution in [2.24, 2.45) is 0 Å². The first-order valence-electron chi connectivity index (χ1n) is 9.80. The molecule has 0 radical (unpaired) electrons. The molecular weight excluding hydrogens is 448 g/mol. The normalized spacial score (nSPS) is 11.2. The van der Waals surface area contributed by atoms with E-state index in [1.807, 2.05) is 0 Å². The summed E-state index contributed by atoms with van der Waals surface area (Å²) >= 11 is 5.86. The predicted molar refractivity (Wildman–Crippen MR) is 126 cm³/mol. The molecule has 4 aromatic rings. The van der Waals surface area contributed by atoms with Gasteiger partial charge in [-0.2, -0.15) is 0 Å². The lowest BCUT2D eigenvalue weighted by Crippen LogP contribution is -2.05.